The van der Waals surface area contributed by atoms with E-state index in [4.69, 9.17) is 9.47 Å². The van der Waals surface area contributed by atoms with Crippen LogP contribution in [0.2, 0.25) is 0 Å². The molecule has 1 aromatic carbocycles. The smallest absolute Gasteiger partial charge is 0.306 e. The molecule has 0 amide bonds. The van der Waals surface area contributed by atoms with Crippen LogP contribution in [0.15, 0.2) is 24.3 Å². The molecule has 0 saturated heterocycles. The van der Waals surface area contributed by atoms with E-state index in [0.29, 0.717) is 18.8 Å². The van der Waals surface area contributed by atoms with Gasteiger partial charge in [-0.2, -0.15) is 0 Å². The van der Waals surface area contributed by atoms with E-state index in [-0.39, 0.29) is 24.6 Å². The van der Waals surface area contributed by atoms with Crippen molar-refractivity contribution in [3.63, 3.8) is 0 Å². The molecule has 0 fully saturated rings. The number of ketones is 1. The molecule has 0 radical (unpaired) electrons. The summed E-state index contributed by atoms with van der Waals surface area (Å²) >= 11 is 0. The number of rotatable bonds is 8. The van der Waals surface area contributed by atoms with Gasteiger partial charge in [0.25, 0.3) is 0 Å². The fourth-order valence-corrected chi connectivity index (χ4v) is 1.71. The lowest BCUT2D eigenvalue weighted by molar-refractivity contribution is -0.143. The quantitative estimate of drug-likeness (QED) is 0.535. The predicted molar refractivity (Wildman–Crippen MR) is 72.0 cm³/mol. The summed E-state index contributed by atoms with van der Waals surface area (Å²) < 4.78 is 9.99. The fraction of sp³-hybridized carbons (Fsp3) is 0.467. The highest BCUT2D eigenvalue weighted by atomic mass is 16.5. The van der Waals surface area contributed by atoms with Gasteiger partial charge in [0.05, 0.1) is 19.6 Å². The first-order valence-electron chi connectivity index (χ1n) is 6.44. The first-order valence-corrected chi connectivity index (χ1v) is 6.44. The Balaban J connectivity index is 2.56. The van der Waals surface area contributed by atoms with Crippen LogP contribution in [-0.2, 0) is 20.9 Å². The van der Waals surface area contributed by atoms with Gasteiger partial charge >= 0.3 is 5.97 Å². The van der Waals surface area contributed by atoms with Gasteiger partial charge in [0.15, 0.2) is 5.78 Å². The highest BCUT2D eigenvalue weighted by Gasteiger charge is 2.13. The van der Waals surface area contributed by atoms with E-state index in [9.17, 15) is 9.59 Å². The van der Waals surface area contributed by atoms with E-state index >= 15 is 0 Å². The lowest BCUT2D eigenvalue weighted by atomic mass is 10.0. The second-order valence-electron chi connectivity index (χ2n) is 4.23. The maximum absolute atomic E-state index is 12.1. The number of Topliss-reactive ketones (excluding diaryl/α,β-unsaturated/α-hetero) is 1. The third-order valence-corrected chi connectivity index (χ3v) is 2.64. The van der Waals surface area contributed by atoms with Gasteiger partial charge in [-0.3, -0.25) is 9.59 Å². The molecule has 0 saturated carbocycles. The van der Waals surface area contributed by atoms with Gasteiger partial charge in [-0.15, -0.1) is 0 Å². The molecule has 1 rings (SSSR count). The zero-order valence-electron chi connectivity index (χ0n) is 11.5. The van der Waals surface area contributed by atoms with E-state index in [2.05, 4.69) is 0 Å². The molecule has 0 atom stereocenters. The van der Waals surface area contributed by atoms with Crippen molar-refractivity contribution < 1.29 is 19.1 Å². The topological polar surface area (TPSA) is 52.6 Å². The summed E-state index contributed by atoms with van der Waals surface area (Å²) in [7, 11) is 1.59. The molecule has 0 heterocycles. The SMILES string of the molecule is CCCOC(=O)CCC(=O)c1ccccc1COC. The Hall–Kier alpha value is -1.68. The van der Waals surface area contributed by atoms with E-state index in [1.807, 2.05) is 25.1 Å². The minimum absolute atomic E-state index is 0.0545. The number of esters is 1. The van der Waals surface area contributed by atoms with E-state index in [0.717, 1.165) is 12.0 Å². The standard InChI is InChI=1S/C15H20O4/c1-3-10-19-15(17)9-8-14(16)13-7-5-4-6-12(13)11-18-2/h4-7H,3,8-11H2,1-2H3. The van der Waals surface area contributed by atoms with Gasteiger partial charge in [-0.05, 0) is 12.0 Å². The summed E-state index contributed by atoms with van der Waals surface area (Å²) in [5.41, 5.74) is 1.46. The summed E-state index contributed by atoms with van der Waals surface area (Å²) in [6.07, 6.45) is 1.08. The Morgan fingerprint density at radius 2 is 1.89 bits per heavy atom. The molecule has 0 aromatic heterocycles. The van der Waals surface area contributed by atoms with Gasteiger partial charge in [0.1, 0.15) is 0 Å². The highest BCUT2D eigenvalue weighted by molar-refractivity contribution is 5.98. The van der Waals surface area contributed by atoms with Gasteiger partial charge in [0.2, 0.25) is 0 Å². The van der Waals surface area contributed by atoms with Crippen molar-refractivity contribution in [3.8, 4) is 0 Å². The maximum atomic E-state index is 12.1. The average Bonchev–Trinajstić information content (AvgIpc) is 2.43. The van der Waals surface area contributed by atoms with E-state index < -0.39 is 0 Å². The average molecular weight is 264 g/mol. The molecule has 4 heteroatoms. The Morgan fingerprint density at radius 3 is 2.58 bits per heavy atom. The summed E-state index contributed by atoms with van der Waals surface area (Å²) in [5, 5.41) is 0. The number of hydrogen-bond donors (Lipinski definition) is 0. The van der Waals surface area contributed by atoms with Crippen molar-refractivity contribution in [2.24, 2.45) is 0 Å². The molecule has 0 bridgehead atoms. The van der Waals surface area contributed by atoms with Crippen molar-refractivity contribution >= 4 is 11.8 Å². The van der Waals surface area contributed by atoms with Crippen molar-refractivity contribution in [2.75, 3.05) is 13.7 Å². The minimum atomic E-state index is -0.320. The van der Waals surface area contributed by atoms with Gasteiger partial charge in [0, 0.05) is 19.1 Å². The molecule has 4 nitrogen and oxygen atoms in total. The molecule has 0 aliphatic carbocycles. The van der Waals surface area contributed by atoms with Crippen molar-refractivity contribution in [2.45, 2.75) is 32.8 Å². The Morgan fingerprint density at radius 1 is 1.16 bits per heavy atom. The van der Waals surface area contributed by atoms with Crippen LogP contribution >= 0.6 is 0 Å². The first kappa shape index (κ1) is 15.4. The van der Waals surface area contributed by atoms with Gasteiger partial charge < -0.3 is 9.47 Å². The molecule has 0 unspecified atom stereocenters. The number of benzene rings is 1. The summed E-state index contributed by atoms with van der Waals surface area (Å²) in [6, 6.07) is 7.28. The monoisotopic (exact) mass is 264 g/mol. The third kappa shape index (κ3) is 5.22. The Bertz CT molecular complexity index is 426. The second kappa shape index (κ2) is 8.43. The second-order valence-corrected chi connectivity index (χ2v) is 4.23. The van der Waals surface area contributed by atoms with Crippen LogP contribution in [0.25, 0.3) is 0 Å². The van der Waals surface area contributed by atoms with Gasteiger partial charge in [-0.1, -0.05) is 31.2 Å². The van der Waals surface area contributed by atoms with Crippen LogP contribution in [0, 0.1) is 0 Å². The van der Waals surface area contributed by atoms with Crippen LogP contribution in [0.4, 0.5) is 0 Å². The van der Waals surface area contributed by atoms with Crippen LogP contribution in [0.1, 0.15) is 42.1 Å². The number of carbonyl (C=O) groups excluding carboxylic acids is 2. The summed E-state index contributed by atoms with van der Waals surface area (Å²) in [4.78, 5) is 23.4. The van der Waals surface area contributed by atoms with Crippen LogP contribution in [0.5, 0.6) is 0 Å². The van der Waals surface area contributed by atoms with Gasteiger partial charge in [-0.25, -0.2) is 0 Å². The Labute approximate surface area is 113 Å². The van der Waals surface area contributed by atoms with E-state index in [1.165, 1.54) is 0 Å². The van der Waals surface area contributed by atoms with Crippen molar-refractivity contribution in [1.82, 2.24) is 0 Å². The van der Waals surface area contributed by atoms with Crippen molar-refractivity contribution in [3.05, 3.63) is 35.4 Å². The normalized spacial score (nSPS) is 10.2. The molecule has 104 valence electrons. The van der Waals surface area contributed by atoms with Crippen LogP contribution in [0.3, 0.4) is 0 Å². The highest BCUT2D eigenvalue weighted by Crippen LogP contribution is 2.13. The lowest BCUT2D eigenvalue weighted by Crippen LogP contribution is -2.10. The molecule has 19 heavy (non-hydrogen) atoms. The predicted octanol–water partition coefficient (Wildman–Crippen LogP) is 2.75. The lowest BCUT2D eigenvalue weighted by Gasteiger charge is -2.07. The molecular formula is C15H20O4. The number of methoxy groups -OCH3 is 1. The number of ether oxygens (including phenoxy) is 2. The summed E-state index contributed by atoms with van der Waals surface area (Å²) in [6.45, 7) is 2.73. The molecule has 0 aliphatic heterocycles. The first-order chi connectivity index (χ1) is 9.19. The molecule has 0 spiro atoms. The fourth-order valence-electron chi connectivity index (χ4n) is 1.71. The van der Waals surface area contributed by atoms with Crippen molar-refractivity contribution in [1.29, 1.82) is 0 Å². The largest absolute Gasteiger partial charge is 0.466 e. The number of carbonyl (C=O) groups is 2. The number of hydrogen-bond acceptors (Lipinski definition) is 4. The van der Waals surface area contributed by atoms with Crippen LogP contribution in [-0.4, -0.2) is 25.5 Å². The van der Waals surface area contributed by atoms with E-state index in [1.54, 1.807) is 13.2 Å². The Kier molecular flexibility index (Phi) is 6.82. The molecular weight excluding hydrogens is 244 g/mol. The molecule has 0 aliphatic rings. The van der Waals surface area contributed by atoms with Crippen LogP contribution < -0.4 is 0 Å². The molecule has 1 aromatic rings. The third-order valence-electron chi connectivity index (χ3n) is 2.64. The zero-order valence-corrected chi connectivity index (χ0v) is 11.5. The summed E-state index contributed by atoms with van der Waals surface area (Å²) in [5.74, 6) is -0.375. The molecule has 0 N–H and O–H groups in total. The maximum Gasteiger partial charge on any atom is 0.306 e. The minimum Gasteiger partial charge on any atom is -0.466 e. The zero-order chi connectivity index (χ0) is 14.1.